The third-order valence-corrected chi connectivity index (χ3v) is 3.18. The van der Waals surface area contributed by atoms with Crippen LogP contribution in [0, 0.1) is 11.5 Å². The van der Waals surface area contributed by atoms with Crippen molar-refractivity contribution >= 4 is 22.6 Å². The molecular formula is C14H12F7N3O2S. The van der Waals surface area contributed by atoms with Crippen LogP contribution in [0.3, 0.4) is 0 Å². The molecule has 0 aliphatic rings. The van der Waals surface area contributed by atoms with E-state index in [2.05, 4.69) is 19.8 Å². The Labute approximate surface area is 153 Å². The first-order valence-electron chi connectivity index (χ1n) is 6.88. The van der Waals surface area contributed by atoms with E-state index in [4.69, 9.17) is 5.26 Å². The maximum Gasteiger partial charge on any atom is 0.422 e. The molecule has 0 aromatic heterocycles. The Morgan fingerprint density at radius 1 is 1.15 bits per heavy atom. The van der Waals surface area contributed by atoms with E-state index < -0.39 is 43.2 Å². The van der Waals surface area contributed by atoms with Gasteiger partial charge in [0.15, 0.2) is 24.6 Å². The predicted molar refractivity (Wildman–Crippen MR) is 83.8 cm³/mol. The van der Waals surface area contributed by atoms with Crippen LogP contribution >= 0.6 is 11.8 Å². The SMILES string of the molecule is CSC(=Nc1cc(OCC(F)(F)F)cc(OCC(F)(F)C(F)F)c1)NC#N. The zero-order chi connectivity index (χ0) is 20.7. The van der Waals surface area contributed by atoms with Crippen molar-refractivity contribution in [2.75, 3.05) is 19.5 Å². The number of hydrogen-bond acceptors (Lipinski definition) is 5. The molecule has 1 aromatic carbocycles. The third kappa shape index (κ3) is 8.25. The molecule has 1 N–H and O–H groups in total. The van der Waals surface area contributed by atoms with Crippen molar-refractivity contribution < 1.29 is 40.2 Å². The first-order chi connectivity index (χ1) is 12.5. The number of nitriles is 1. The Balaban J connectivity index is 3.13. The molecular weight excluding hydrogens is 407 g/mol. The molecule has 0 saturated carbocycles. The number of alkyl halides is 7. The number of benzene rings is 1. The van der Waals surface area contributed by atoms with Gasteiger partial charge in [-0.3, -0.25) is 5.32 Å². The number of rotatable bonds is 7. The fourth-order valence-electron chi connectivity index (χ4n) is 1.49. The standard InChI is InChI=1S/C14H12F7N3O2S/c1-27-12(23-7-22)24-8-2-9(25-5-13(17,18)11(15)16)4-10(3-8)26-6-14(19,20)21/h2-4,11H,5-6H2,1H3,(H,23,24). The number of thioether (sulfide) groups is 1. The van der Waals surface area contributed by atoms with Crippen molar-refractivity contribution in [3.63, 3.8) is 0 Å². The summed E-state index contributed by atoms with van der Waals surface area (Å²) in [5.41, 5.74) is -0.114. The number of ether oxygens (including phenoxy) is 2. The minimum absolute atomic E-state index is 0.0364. The third-order valence-electron chi connectivity index (χ3n) is 2.60. The predicted octanol–water partition coefficient (Wildman–Crippen LogP) is 4.33. The molecule has 0 bridgehead atoms. The van der Waals surface area contributed by atoms with Gasteiger partial charge in [0, 0.05) is 18.2 Å². The summed E-state index contributed by atoms with van der Waals surface area (Å²) < 4.78 is 96.2. The average molecular weight is 419 g/mol. The Hall–Kier alpha value is -2.36. The van der Waals surface area contributed by atoms with Crippen LogP contribution < -0.4 is 14.8 Å². The van der Waals surface area contributed by atoms with E-state index in [1.807, 2.05) is 0 Å². The van der Waals surface area contributed by atoms with Gasteiger partial charge in [-0.05, 0) is 6.26 Å². The van der Waals surface area contributed by atoms with Crippen molar-refractivity contribution in [2.45, 2.75) is 18.5 Å². The van der Waals surface area contributed by atoms with Crippen LogP contribution in [0.2, 0.25) is 0 Å². The van der Waals surface area contributed by atoms with E-state index in [0.29, 0.717) is 0 Å². The fraction of sp³-hybridized carbons (Fsp3) is 0.429. The Kier molecular flexibility index (Phi) is 8.01. The topological polar surface area (TPSA) is 66.6 Å². The van der Waals surface area contributed by atoms with Crippen molar-refractivity contribution in [1.29, 1.82) is 5.26 Å². The highest BCUT2D eigenvalue weighted by Crippen LogP contribution is 2.31. The number of hydrogen-bond donors (Lipinski definition) is 1. The highest BCUT2D eigenvalue weighted by Gasteiger charge is 2.41. The number of nitrogens with zero attached hydrogens (tertiary/aromatic N) is 2. The molecule has 0 spiro atoms. The second kappa shape index (κ2) is 9.54. The van der Waals surface area contributed by atoms with Crippen molar-refractivity contribution in [3.8, 4) is 17.7 Å². The molecule has 0 heterocycles. The van der Waals surface area contributed by atoms with E-state index in [1.54, 1.807) is 6.19 Å². The van der Waals surface area contributed by atoms with Gasteiger partial charge in [0.05, 0.1) is 5.69 Å². The molecule has 1 rings (SSSR count). The van der Waals surface area contributed by atoms with Crippen LogP contribution in [0.15, 0.2) is 23.2 Å². The quantitative estimate of drug-likeness (QED) is 0.234. The summed E-state index contributed by atoms with van der Waals surface area (Å²) in [6.07, 6.45) is -5.54. The van der Waals surface area contributed by atoms with E-state index in [0.717, 1.165) is 30.0 Å². The molecule has 0 amide bonds. The minimum atomic E-state index is -4.67. The normalized spacial score (nSPS) is 12.7. The lowest BCUT2D eigenvalue weighted by Crippen LogP contribution is -2.33. The average Bonchev–Trinajstić information content (AvgIpc) is 2.57. The summed E-state index contributed by atoms with van der Waals surface area (Å²) in [4.78, 5) is 3.88. The molecule has 0 radical (unpaired) electrons. The molecule has 0 saturated heterocycles. The lowest BCUT2D eigenvalue weighted by molar-refractivity contribution is -0.153. The van der Waals surface area contributed by atoms with Gasteiger partial charge in [-0.15, -0.1) is 0 Å². The minimum Gasteiger partial charge on any atom is -0.487 e. The van der Waals surface area contributed by atoms with Crippen LogP contribution in [-0.2, 0) is 0 Å². The molecule has 5 nitrogen and oxygen atoms in total. The molecule has 0 atom stereocenters. The molecule has 150 valence electrons. The lowest BCUT2D eigenvalue weighted by Gasteiger charge is -2.17. The van der Waals surface area contributed by atoms with E-state index >= 15 is 0 Å². The highest BCUT2D eigenvalue weighted by molar-refractivity contribution is 8.13. The van der Waals surface area contributed by atoms with Crippen molar-refractivity contribution in [3.05, 3.63) is 18.2 Å². The summed E-state index contributed by atoms with van der Waals surface area (Å²) in [5, 5.41) is 10.8. The molecule has 1 aromatic rings. The van der Waals surface area contributed by atoms with Crippen LogP contribution in [0.25, 0.3) is 0 Å². The summed E-state index contributed by atoms with van der Waals surface area (Å²) in [7, 11) is 0. The second-order valence-corrected chi connectivity index (χ2v) is 5.57. The van der Waals surface area contributed by atoms with Crippen LogP contribution in [0.5, 0.6) is 11.5 Å². The summed E-state index contributed by atoms with van der Waals surface area (Å²) in [5.74, 6) is -5.37. The van der Waals surface area contributed by atoms with Gasteiger partial charge < -0.3 is 9.47 Å². The first kappa shape index (κ1) is 22.7. The first-order valence-corrected chi connectivity index (χ1v) is 8.10. The van der Waals surface area contributed by atoms with E-state index in [9.17, 15) is 30.7 Å². The molecule has 0 aliphatic heterocycles. The van der Waals surface area contributed by atoms with Crippen LogP contribution in [0.1, 0.15) is 0 Å². The number of amidine groups is 1. The second-order valence-electron chi connectivity index (χ2n) is 4.77. The largest absolute Gasteiger partial charge is 0.487 e. The van der Waals surface area contributed by atoms with Crippen LogP contribution in [-0.4, -0.2) is 43.2 Å². The highest BCUT2D eigenvalue weighted by atomic mass is 32.2. The van der Waals surface area contributed by atoms with Gasteiger partial charge in [-0.1, -0.05) is 11.8 Å². The monoisotopic (exact) mass is 419 g/mol. The maximum atomic E-state index is 13.0. The van der Waals surface area contributed by atoms with Gasteiger partial charge in [0.2, 0.25) is 0 Å². The maximum absolute atomic E-state index is 13.0. The summed E-state index contributed by atoms with van der Waals surface area (Å²) in [6, 6.07) is 2.86. The van der Waals surface area contributed by atoms with Gasteiger partial charge >= 0.3 is 18.5 Å². The van der Waals surface area contributed by atoms with Gasteiger partial charge in [-0.25, -0.2) is 13.8 Å². The Bertz CT molecular complexity index is 705. The lowest BCUT2D eigenvalue weighted by atomic mass is 10.3. The molecule has 27 heavy (non-hydrogen) atoms. The molecule has 13 heteroatoms. The van der Waals surface area contributed by atoms with E-state index in [1.165, 1.54) is 6.26 Å². The molecule has 0 aliphatic carbocycles. The van der Waals surface area contributed by atoms with Crippen molar-refractivity contribution in [2.24, 2.45) is 4.99 Å². The number of aliphatic imine (C=N–C) groups is 1. The fourth-order valence-corrected chi connectivity index (χ4v) is 1.83. The smallest absolute Gasteiger partial charge is 0.422 e. The van der Waals surface area contributed by atoms with Gasteiger partial charge in [0.25, 0.3) is 0 Å². The zero-order valence-electron chi connectivity index (χ0n) is 13.5. The number of nitrogens with one attached hydrogen (secondary N) is 1. The molecule has 0 unspecified atom stereocenters. The molecule has 0 fully saturated rings. The van der Waals surface area contributed by atoms with Gasteiger partial charge in [-0.2, -0.15) is 27.2 Å². The Morgan fingerprint density at radius 2 is 1.70 bits per heavy atom. The number of halogens is 7. The summed E-state index contributed by atoms with van der Waals surface area (Å²) in [6.45, 7) is -3.39. The van der Waals surface area contributed by atoms with Crippen LogP contribution in [0.4, 0.5) is 36.4 Å². The summed E-state index contributed by atoms with van der Waals surface area (Å²) >= 11 is 0.976. The van der Waals surface area contributed by atoms with E-state index in [-0.39, 0.29) is 10.9 Å². The van der Waals surface area contributed by atoms with Crippen molar-refractivity contribution in [1.82, 2.24) is 5.32 Å². The Morgan fingerprint density at radius 3 is 2.15 bits per heavy atom. The van der Waals surface area contributed by atoms with Gasteiger partial charge in [0.1, 0.15) is 11.5 Å². The zero-order valence-corrected chi connectivity index (χ0v) is 14.3.